The number of benzene rings is 1. The van der Waals surface area contributed by atoms with Crippen LogP contribution in [0.3, 0.4) is 0 Å². The molecule has 2 aromatic heterocycles. The first-order valence-electron chi connectivity index (χ1n) is 9.05. The van der Waals surface area contributed by atoms with E-state index in [1.165, 1.54) is 11.8 Å². The largest absolute Gasteiger partial charge is 0.497 e. The van der Waals surface area contributed by atoms with E-state index in [1.807, 2.05) is 63.4 Å². The van der Waals surface area contributed by atoms with Crippen LogP contribution in [0.2, 0.25) is 0 Å². The first-order chi connectivity index (χ1) is 13.9. The third-order valence-corrected chi connectivity index (χ3v) is 4.93. The van der Waals surface area contributed by atoms with Crippen molar-refractivity contribution in [1.82, 2.24) is 20.0 Å². The van der Waals surface area contributed by atoms with Gasteiger partial charge in [0.2, 0.25) is 0 Å². The number of aryl methyl sites for hydroxylation is 3. The summed E-state index contributed by atoms with van der Waals surface area (Å²) in [5.74, 6) is 0.805. The second-order valence-corrected chi connectivity index (χ2v) is 7.44. The number of ether oxygens (including phenoxy) is 1. The van der Waals surface area contributed by atoms with Crippen LogP contribution in [0.25, 0.3) is 5.69 Å². The van der Waals surface area contributed by atoms with E-state index in [-0.39, 0.29) is 11.7 Å². The Morgan fingerprint density at radius 3 is 2.52 bits per heavy atom. The highest BCUT2D eigenvalue weighted by molar-refractivity contribution is 7.99. The number of hydrazone groups is 1. The van der Waals surface area contributed by atoms with Gasteiger partial charge >= 0.3 is 0 Å². The molecule has 0 radical (unpaired) electrons. The van der Waals surface area contributed by atoms with E-state index >= 15 is 0 Å². The van der Waals surface area contributed by atoms with Gasteiger partial charge in [-0.05, 0) is 57.2 Å². The number of hydrogen-bond acceptors (Lipinski definition) is 6. The zero-order valence-electron chi connectivity index (χ0n) is 16.8. The lowest BCUT2D eigenvalue weighted by Gasteiger charge is -2.06. The van der Waals surface area contributed by atoms with Crippen LogP contribution in [0.1, 0.15) is 22.6 Å². The van der Waals surface area contributed by atoms with Crippen molar-refractivity contribution in [2.75, 3.05) is 12.9 Å². The van der Waals surface area contributed by atoms with E-state index in [2.05, 4.69) is 25.1 Å². The number of carbonyl (C=O) groups is 1. The second kappa shape index (κ2) is 9.38. The molecule has 0 bridgehead atoms. The minimum atomic E-state index is -0.208. The van der Waals surface area contributed by atoms with Crippen molar-refractivity contribution < 1.29 is 9.53 Å². The maximum atomic E-state index is 12.0. The third-order valence-electron chi connectivity index (χ3n) is 4.08. The summed E-state index contributed by atoms with van der Waals surface area (Å²) in [6.07, 6.45) is 3.59. The van der Waals surface area contributed by atoms with Crippen LogP contribution in [0, 0.1) is 20.8 Å². The molecule has 0 aliphatic heterocycles. The molecule has 3 aromatic rings. The molecule has 0 fully saturated rings. The van der Waals surface area contributed by atoms with Crippen molar-refractivity contribution in [3.05, 3.63) is 65.2 Å². The number of aromatic nitrogens is 3. The van der Waals surface area contributed by atoms with Crippen molar-refractivity contribution in [2.24, 2.45) is 5.10 Å². The van der Waals surface area contributed by atoms with Gasteiger partial charge in [-0.2, -0.15) is 5.10 Å². The van der Waals surface area contributed by atoms with Crippen molar-refractivity contribution in [2.45, 2.75) is 25.9 Å². The van der Waals surface area contributed by atoms with Gasteiger partial charge in [0.15, 0.2) is 5.16 Å². The molecule has 1 amide bonds. The average molecular weight is 410 g/mol. The molecule has 0 aliphatic carbocycles. The number of thioether (sulfide) groups is 1. The normalized spacial score (nSPS) is 11.0. The Labute approximate surface area is 174 Å². The fourth-order valence-electron chi connectivity index (χ4n) is 2.79. The Balaban J connectivity index is 1.56. The Morgan fingerprint density at radius 2 is 1.86 bits per heavy atom. The maximum absolute atomic E-state index is 12.0. The summed E-state index contributed by atoms with van der Waals surface area (Å²) in [7, 11) is 1.65. The van der Waals surface area contributed by atoms with Gasteiger partial charge in [0, 0.05) is 34.5 Å². The fraction of sp³-hybridized carbons (Fsp3) is 0.238. The molecule has 0 saturated carbocycles. The highest BCUT2D eigenvalue weighted by Crippen LogP contribution is 2.18. The topological polar surface area (TPSA) is 81.4 Å². The van der Waals surface area contributed by atoms with E-state index in [1.54, 1.807) is 13.3 Å². The van der Waals surface area contributed by atoms with E-state index in [0.29, 0.717) is 5.16 Å². The van der Waals surface area contributed by atoms with Crippen LogP contribution in [-0.2, 0) is 4.79 Å². The van der Waals surface area contributed by atoms with Crippen LogP contribution in [0.4, 0.5) is 0 Å². The maximum Gasteiger partial charge on any atom is 0.250 e. The lowest BCUT2D eigenvalue weighted by molar-refractivity contribution is -0.118. The average Bonchev–Trinajstić information content (AvgIpc) is 3.06. The highest BCUT2D eigenvalue weighted by atomic mass is 32.2. The summed E-state index contributed by atoms with van der Waals surface area (Å²) in [6.45, 7) is 5.83. The highest BCUT2D eigenvalue weighted by Gasteiger charge is 2.06. The minimum absolute atomic E-state index is 0.201. The Bertz CT molecular complexity index is 1010. The SMILES string of the molecule is COc1ccc(-n2cc(/C=N\NC(=O)CSc3nc(C)cc(C)n3)cc2C)cc1. The first kappa shape index (κ1) is 20.6. The number of methoxy groups -OCH3 is 1. The van der Waals surface area contributed by atoms with Gasteiger partial charge < -0.3 is 9.30 Å². The molecular formula is C21H23N5O2S. The molecule has 2 heterocycles. The van der Waals surface area contributed by atoms with Gasteiger partial charge in [0.05, 0.1) is 19.1 Å². The van der Waals surface area contributed by atoms with Crippen molar-refractivity contribution >= 4 is 23.9 Å². The summed E-state index contributed by atoms with van der Waals surface area (Å²) < 4.78 is 7.25. The Kier molecular flexibility index (Phi) is 6.66. The molecule has 150 valence electrons. The van der Waals surface area contributed by atoms with Crippen molar-refractivity contribution in [3.63, 3.8) is 0 Å². The monoisotopic (exact) mass is 409 g/mol. The number of rotatable bonds is 7. The molecule has 29 heavy (non-hydrogen) atoms. The van der Waals surface area contributed by atoms with Gasteiger partial charge in [-0.25, -0.2) is 15.4 Å². The molecule has 0 aliphatic rings. The van der Waals surface area contributed by atoms with Crippen LogP contribution < -0.4 is 10.2 Å². The van der Waals surface area contributed by atoms with E-state index < -0.39 is 0 Å². The summed E-state index contributed by atoms with van der Waals surface area (Å²) in [6, 6.07) is 11.7. The molecule has 0 atom stereocenters. The fourth-order valence-corrected chi connectivity index (χ4v) is 3.53. The van der Waals surface area contributed by atoms with Crippen LogP contribution >= 0.6 is 11.8 Å². The molecule has 0 saturated heterocycles. The summed E-state index contributed by atoms with van der Waals surface area (Å²) in [5, 5.41) is 4.64. The predicted molar refractivity (Wildman–Crippen MR) is 115 cm³/mol. The van der Waals surface area contributed by atoms with Crippen LogP contribution in [0.15, 0.2) is 52.9 Å². The summed E-state index contributed by atoms with van der Waals surface area (Å²) >= 11 is 1.29. The number of hydrogen-bond donors (Lipinski definition) is 1. The molecule has 7 nitrogen and oxygen atoms in total. The predicted octanol–water partition coefficient (Wildman–Crippen LogP) is 3.44. The Morgan fingerprint density at radius 1 is 1.17 bits per heavy atom. The van der Waals surface area contributed by atoms with Crippen molar-refractivity contribution in [1.29, 1.82) is 0 Å². The number of amides is 1. The smallest absolute Gasteiger partial charge is 0.250 e. The molecule has 1 aromatic carbocycles. The molecule has 0 spiro atoms. The van der Waals surface area contributed by atoms with Crippen molar-refractivity contribution in [3.8, 4) is 11.4 Å². The summed E-state index contributed by atoms with van der Waals surface area (Å²) in [5.41, 5.74) is 7.29. The lowest BCUT2D eigenvalue weighted by atomic mass is 10.3. The second-order valence-electron chi connectivity index (χ2n) is 6.50. The lowest BCUT2D eigenvalue weighted by Crippen LogP contribution is -2.19. The number of carbonyl (C=O) groups excluding carboxylic acids is 1. The van der Waals surface area contributed by atoms with E-state index in [4.69, 9.17) is 4.74 Å². The van der Waals surface area contributed by atoms with Crippen LogP contribution in [-0.4, -0.2) is 39.5 Å². The minimum Gasteiger partial charge on any atom is -0.497 e. The van der Waals surface area contributed by atoms with E-state index in [9.17, 15) is 4.79 Å². The molecule has 0 unspecified atom stereocenters. The number of nitrogens with zero attached hydrogens (tertiary/aromatic N) is 4. The third kappa shape index (κ3) is 5.68. The van der Waals surface area contributed by atoms with Gasteiger partial charge in [-0.1, -0.05) is 11.8 Å². The van der Waals surface area contributed by atoms with Crippen LogP contribution in [0.5, 0.6) is 5.75 Å². The van der Waals surface area contributed by atoms with Gasteiger partial charge in [-0.15, -0.1) is 0 Å². The molecule has 1 N–H and O–H groups in total. The van der Waals surface area contributed by atoms with Gasteiger partial charge in [0.25, 0.3) is 5.91 Å². The summed E-state index contributed by atoms with van der Waals surface area (Å²) in [4.78, 5) is 20.6. The Hall–Kier alpha value is -3.13. The molecule has 3 rings (SSSR count). The van der Waals surface area contributed by atoms with Gasteiger partial charge in [-0.3, -0.25) is 4.79 Å². The zero-order valence-corrected chi connectivity index (χ0v) is 17.7. The van der Waals surface area contributed by atoms with E-state index in [0.717, 1.165) is 34.1 Å². The molecular weight excluding hydrogens is 386 g/mol. The standard InChI is InChI=1S/C21H23N5O2S/c1-14-9-15(2)24-21(23-14)29-13-20(27)25-22-11-17-10-16(3)26(12-17)18-5-7-19(28-4)8-6-18/h5-12H,13H2,1-4H3,(H,25,27)/b22-11-. The number of nitrogens with one attached hydrogen (secondary N) is 1. The van der Waals surface area contributed by atoms with Gasteiger partial charge in [0.1, 0.15) is 5.75 Å². The first-order valence-corrected chi connectivity index (χ1v) is 10.0. The quantitative estimate of drug-likeness (QED) is 0.280. The molecule has 8 heteroatoms. The zero-order chi connectivity index (χ0) is 20.8.